The lowest BCUT2D eigenvalue weighted by Gasteiger charge is -2.04. The van der Waals surface area contributed by atoms with Gasteiger partial charge in [0.25, 0.3) is 0 Å². The summed E-state index contributed by atoms with van der Waals surface area (Å²) in [6.45, 7) is 0. The van der Waals surface area contributed by atoms with Gasteiger partial charge in [0.15, 0.2) is 0 Å². The van der Waals surface area contributed by atoms with Crippen molar-refractivity contribution < 1.29 is 9.53 Å². The Morgan fingerprint density at radius 3 is 2.82 bits per heavy atom. The van der Waals surface area contributed by atoms with Gasteiger partial charge in [-0.1, -0.05) is 27.5 Å². The molecule has 0 bridgehead atoms. The summed E-state index contributed by atoms with van der Waals surface area (Å²) in [5.41, 5.74) is 0.482. The Labute approximate surface area is 116 Å². The SMILES string of the molecule is COc1ccsc1C(=O)c1ccc(Br)cc1Cl. The molecule has 0 fully saturated rings. The van der Waals surface area contributed by atoms with Gasteiger partial charge in [0.1, 0.15) is 10.6 Å². The van der Waals surface area contributed by atoms with E-state index in [0.717, 1.165) is 4.47 Å². The van der Waals surface area contributed by atoms with Crippen molar-refractivity contribution >= 4 is 44.7 Å². The molecule has 0 aliphatic rings. The number of carbonyl (C=O) groups excluding carboxylic acids is 1. The zero-order valence-electron chi connectivity index (χ0n) is 8.87. The molecule has 0 unspecified atom stereocenters. The Balaban J connectivity index is 2.44. The molecule has 5 heteroatoms. The van der Waals surface area contributed by atoms with Crippen molar-refractivity contribution in [2.45, 2.75) is 0 Å². The molecule has 2 nitrogen and oxygen atoms in total. The number of rotatable bonds is 3. The minimum absolute atomic E-state index is 0.116. The summed E-state index contributed by atoms with van der Waals surface area (Å²) in [6, 6.07) is 6.96. The quantitative estimate of drug-likeness (QED) is 0.779. The van der Waals surface area contributed by atoms with Crippen LogP contribution >= 0.6 is 38.9 Å². The molecule has 0 N–H and O–H groups in total. The fraction of sp³-hybridized carbons (Fsp3) is 0.0833. The molecule has 0 atom stereocenters. The van der Waals surface area contributed by atoms with Gasteiger partial charge in [-0.3, -0.25) is 4.79 Å². The van der Waals surface area contributed by atoms with Crippen LogP contribution < -0.4 is 4.74 Å². The van der Waals surface area contributed by atoms with E-state index in [2.05, 4.69) is 15.9 Å². The van der Waals surface area contributed by atoms with Crippen LogP contribution in [-0.4, -0.2) is 12.9 Å². The maximum Gasteiger partial charge on any atom is 0.208 e. The van der Waals surface area contributed by atoms with Crippen molar-refractivity contribution in [2.75, 3.05) is 7.11 Å². The Morgan fingerprint density at radius 1 is 1.41 bits per heavy atom. The smallest absolute Gasteiger partial charge is 0.208 e. The van der Waals surface area contributed by atoms with E-state index in [1.54, 1.807) is 31.4 Å². The Bertz CT molecular complexity index is 565. The topological polar surface area (TPSA) is 26.3 Å². The standard InChI is InChI=1S/C12H8BrClO2S/c1-16-10-4-5-17-12(10)11(15)8-3-2-7(13)6-9(8)14/h2-6H,1H3. The molecule has 0 aliphatic carbocycles. The minimum atomic E-state index is -0.116. The van der Waals surface area contributed by atoms with Crippen LogP contribution in [0, 0.1) is 0 Å². The summed E-state index contributed by atoms with van der Waals surface area (Å²) in [4.78, 5) is 12.8. The third kappa shape index (κ3) is 2.54. The monoisotopic (exact) mass is 330 g/mol. The lowest BCUT2D eigenvalue weighted by Crippen LogP contribution is -2.01. The molecule has 88 valence electrons. The number of halogens is 2. The van der Waals surface area contributed by atoms with Crippen LogP contribution in [0.1, 0.15) is 15.2 Å². The molecular formula is C12H8BrClO2S. The lowest BCUT2D eigenvalue weighted by molar-refractivity contribution is 0.104. The number of hydrogen-bond donors (Lipinski definition) is 0. The van der Waals surface area contributed by atoms with Crippen LogP contribution in [-0.2, 0) is 0 Å². The molecule has 17 heavy (non-hydrogen) atoms. The first-order chi connectivity index (χ1) is 8.13. The van der Waals surface area contributed by atoms with Crippen molar-refractivity contribution in [3.63, 3.8) is 0 Å². The normalized spacial score (nSPS) is 10.3. The summed E-state index contributed by atoms with van der Waals surface area (Å²) in [5.74, 6) is 0.466. The van der Waals surface area contributed by atoms with E-state index in [4.69, 9.17) is 16.3 Å². The third-order valence-corrected chi connectivity index (χ3v) is 3.93. The van der Waals surface area contributed by atoms with E-state index >= 15 is 0 Å². The largest absolute Gasteiger partial charge is 0.495 e. The fourth-order valence-electron chi connectivity index (χ4n) is 1.42. The molecule has 2 rings (SSSR count). The maximum atomic E-state index is 12.2. The summed E-state index contributed by atoms with van der Waals surface area (Å²) < 4.78 is 5.97. The van der Waals surface area contributed by atoms with E-state index in [-0.39, 0.29) is 5.78 Å². The molecule has 0 aliphatic heterocycles. The number of benzene rings is 1. The van der Waals surface area contributed by atoms with Crippen molar-refractivity contribution in [2.24, 2.45) is 0 Å². The first-order valence-electron chi connectivity index (χ1n) is 4.74. The van der Waals surface area contributed by atoms with Gasteiger partial charge in [-0.05, 0) is 29.6 Å². The molecule has 1 heterocycles. The predicted molar refractivity (Wildman–Crippen MR) is 73.5 cm³/mol. The molecule has 2 aromatic rings. The highest BCUT2D eigenvalue weighted by Crippen LogP contribution is 2.30. The number of ketones is 1. The van der Waals surface area contributed by atoms with Crippen LogP contribution in [0.5, 0.6) is 5.75 Å². The van der Waals surface area contributed by atoms with Crippen LogP contribution in [0.25, 0.3) is 0 Å². The van der Waals surface area contributed by atoms with Gasteiger partial charge in [-0.15, -0.1) is 11.3 Å². The number of ether oxygens (including phenoxy) is 1. The number of carbonyl (C=O) groups is 1. The molecule has 0 saturated heterocycles. The molecule has 0 saturated carbocycles. The Kier molecular flexibility index (Phi) is 3.86. The highest BCUT2D eigenvalue weighted by molar-refractivity contribution is 9.10. The summed E-state index contributed by atoms with van der Waals surface area (Å²) in [6.07, 6.45) is 0. The highest BCUT2D eigenvalue weighted by Gasteiger charge is 2.18. The fourth-order valence-corrected chi connectivity index (χ4v) is 2.99. The molecule has 1 aromatic heterocycles. The Morgan fingerprint density at radius 2 is 2.18 bits per heavy atom. The second-order valence-corrected chi connectivity index (χ2v) is 5.51. The van der Waals surface area contributed by atoms with Crippen LogP contribution in [0.15, 0.2) is 34.1 Å². The molecule has 1 aromatic carbocycles. The van der Waals surface area contributed by atoms with Crippen LogP contribution in [0.4, 0.5) is 0 Å². The average Bonchev–Trinajstić information content (AvgIpc) is 2.76. The van der Waals surface area contributed by atoms with Gasteiger partial charge in [0, 0.05) is 10.0 Å². The first-order valence-corrected chi connectivity index (χ1v) is 6.79. The van der Waals surface area contributed by atoms with Crippen molar-refractivity contribution in [1.29, 1.82) is 0 Å². The van der Waals surface area contributed by atoms with Gasteiger partial charge in [0.2, 0.25) is 5.78 Å². The van der Waals surface area contributed by atoms with Gasteiger partial charge < -0.3 is 4.74 Å². The third-order valence-electron chi connectivity index (χ3n) is 2.23. The van der Waals surface area contributed by atoms with Crippen LogP contribution in [0.3, 0.4) is 0 Å². The summed E-state index contributed by atoms with van der Waals surface area (Å²) in [7, 11) is 1.54. The van der Waals surface area contributed by atoms with E-state index in [9.17, 15) is 4.79 Å². The van der Waals surface area contributed by atoms with Crippen molar-refractivity contribution in [3.05, 3.63) is 49.6 Å². The van der Waals surface area contributed by atoms with Crippen molar-refractivity contribution in [1.82, 2.24) is 0 Å². The maximum absolute atomic E-state index is 12.2. The molecule has 0 spiro atoms. The van der Waals surface area contributed by atoms with E-state index in [1.165, 1.54) is 11.3 Å². The van der Waals surface area contributed by atoms with Gasteiger partial charge in [-0.2, -0.15) is 0 Å². The predicted octanol–water partition coefficient (Wildman–Crippen LogP) is 4.40. The average molecular weight is 332 g/mol. The number of thiophene rings is 1. The van der Waals surface area contributed by atoms with E-state index < -0.39 is 0 Å². The van der Waals surface area contributed by atoms with Gasteiger partial charge in [-0.25, -0.2) is 0 Å². The van der Waals surface area contributed by atoms with E-state index in [0.29, 0.717) is 21.2 Å². The highest BCUT2D eigenvalue weighted by atomic mass is 79.9. The number of hydrogen-bond acceptors (Lipinski definition) is 3. The van der Waals surface area contributed by atoms with Gasteiger partial charge in [0.05, 0.1) is 12.1 Å². The summed E-state index contributed by atoms with van der Waals surface area (Å²) >= 11 is 10.7. The molecule has 0 amide bonds. The van der Waals surface area contributed by atoms with Crippen LogP contribution in [0.2, 0.25) is 5.02 Å². The second kappa shape index (κ2) is 5.21. The lowest BCUT2D eigenvalue weighted by atomic mass is 10.1. The number of methoxy groups -OCH3 is 1. The zero-order chi connectivity index (χ0) is 12.4. The molecule has 0 radical (unpaired) electrons. The second-order valence-electron chi connectivity index (χ2n) is 3.27. The van der Waals surface area contributed by atoms with E-state index in [1.807, 2.05) is 5.38 Å². The van der Waals surface area contributed by atoms with Gasteiger partial charge >= 0.3 is 0 Å². The molecular weight excluding hydrogens is 324 g/mol. The van der Waals surface area contributed by atoms with Crippen molar-refractivity contribution in [3.8, 4) is 5.75 Å². The first kappa shape index (κ1) is 12.6. The minimum Gasteiger partial charge on any atom is -0.495 e. The zero-order valence-corrected chi connectivity index (χ0v) is 12.0. The summed E-state index contributed by atoms with van der Waals surface area (Å²) in [5, 5.41) is 2.25. The Hall–Kier alpha value is -0.840.